The number of hydrogen-bond acceptors (Lipinski definition) is 4. The molecule has 0 bridgehead atoms. The number of aromatic nitrogens is 4. The normalized spacial score (nSPS) is 11.3. The van der Waals surface area contributed by atoms with E-state index >= 15 is 0 Å². The van der Waals surface area contributed by atoms with Crippen molar-refractivity contribution in [3.8, 4) is 0 Å². The molecule has 2 heterocycles. The van der Waals surface area contributed by atoms with Crippen molar-refractivity contribution in [1.82, 2.24) is 18.7 Å². The maximum atomic E-state index is 12.5. The fourth-order valence-corrected chi connectivity index (χ4v) is 3.30. The number of alkyl halides is 1. The Bertz CT molecular complexity index is 866. The van der Waals surface area contributed by atoms with E-state index in [0.717, 1.165) is 36.1 Å². The minimum absolute atomic E-state index is 0.199. The lowest BCUT2D eigenvalue weighted by atomic mass is 10.1. The summed E-state index contributed by atoms with van der Waals surface area (Å²) in [5.74, 6) is 0.284. The Morgan fingerprint density at radius 2 is 1.58 bits per heavy atom. The summed E-state index contributed by atoms with van der Waals surface area (Å²) in [6.07, 6.45) is 10.1. The van der Waals surface area contributed by atoms with Gasteiger partial charge in [-0.05, 0) is 12.8 Å². The Balaban J connectivity index is 1.91. The summed E-state index contributed by atoms with van der Waals surface area (Å²) in [7, 11) is 3.19. The lowest BCUT2D eigenvalue weighted by molar-refractivity contribution is 0.0888. The summed E-state index contributed by atoms with van der Waals surface area (Å²) in [6, 6.07) is 0. The zero-order valence-electron chi connectivity index (χ0n) is 15.5. The lowest BCUT2D eigenvalue weighted by Crippen LogP contribution is -2.43. The van der Waals surface area contributed by atoms with E-state index in [2.05, 4.69) is 4.98 Å². The van der Waals surface area contributed by atoms with Gasteiger partial charge in [-0.3, -0.25) is 14.2 Å². The topological polar surface area (TPSA) is 78.9 Å². The molecule has 144 valence electrons. The molecule has 2 aromatic rings. The molecular formula is C18H27ClN4O3. The van der Waals surface area contributed by atoms with Crippen molar-refractivity contribution in [3.05, 3.63) is 27.2 Å². The first-order chi connectivity index (χ1) is 12.5. The zero-order chi connectivity index (χ0) is 19.1. The number of hydrogen-bond donors (Lipinski definition) is 0. The number of carbonyl (C=O) groups excluding carboxylic acids is 1. The van der Waals surface area contributed by atoms with Crippen LogP contribution in [-0.4, -0.2) is 30.5 Å². The molecule has 2 rings (SSSR count). The monoisotopic (exact) mass is 382 g/mol. The zero-order valence-corrected chi connectivity index (χ0v) is 16.3. The van der Waals surface area contributed by atoms with E-state index in [1.807, 2.05) is 0 Å². The van der Waals surface area contributed by atoms with E-state index in [4.69, 9.17) is 11.6 Å². The number of nitrogens with zero attached hydrogens (tertiary/aromatic N) is 4. The van der Waals surface area contributed by atoms with Gasteiger partial charge < -0.3 is 4.57 Å². The molecule has 0 fully saturated rings. The maximum absolute atomic E-state index is 12.5. The highest BCUT2D eigenvalue weighted by atomic mass is 35.5. The molecule has 0 aromatic carbocycles. The van der Waals surface area contributed by atoms with Crippen LogP contribution in [0.15, 0.2) is 15.9 Å². The molecule has 0 N–H and O–H groups in total. The van der Waals surface area contributed by atoms with Gasteiger partial charge in [-0.1, -0.05) is 38.5 Å². The number of halogens is 1. The summed E-state index contributed by atoms with van der Waals surface area (Å²) in [5.41, 5.74) is -0.670. The molecule has 0 aliphatic heterocycles. The van der Waals surface area contributed by atoms with Crippen LogP contribution in [0.2, 0.25) is 0 Å². The molecule has 0 aliphatic carbocycles. The van der Waals surface area contributed by atoms with E-state index in [0.29, 0.717) is 12.1 Å². The molecule has 0 atom stereocenters. The molecule has 0 saturated heterocycles. The van der Waals surface area contributed by atoms with Gasteiger partial charge >= 0.3 is 5.69 Å². The highest BCUT2D eigenvalue weighted by molar-refractivity contribution is 6.17. The van der Waals surface area contributed by atoms with Crippen molar-refractivity contribution in [2.24, 2.45) is 14.1 Å². The van der Waals surface area contributed by atoms with Gasteiger partial charge in [-0.2, -0.15) is 4.57 Å². The van der Waals surface area contributed by atoms with Gasteiger partial charge in [0.1, 0.15) is 0 Å². The van der Waals surface area contributed by atoms with Crippen molar-refractivity contribution < 1.29 is 4.79 Å². The molecule has 0 spiro atoms. The highest BCUT2D eigenvalue weighted by Crippen LogP contribution is 2.10. The number of rotatable bonds is 10. The van der Waals surface area contributed by atoms with E-state index in [-0.39, 0.29) is 11.9 Å². The summed E-state index contributed by atoms with van der Waals surface area (Å²) < 4.78 is 3.52. The van der Waals surface area contributed by atoms with Crippen molar-refractivity contribution in [2.75, 3.05) is 5.88 Å². The largest absolute Gasteiger partial charge is 0.339 e. The van der Waals surface area contributed by atoms with Crippen LogP contribution in [0.5, 0.6) is 0 Å². The Morgan fingerprint density at radius 3 is 2.19 bits per heavy atom. The van der Waals surface area contributed by atoms with Crippen molar-refractivity contribution in [2.45, 2.75) is 57.8 Å². The predicted octanol–water partition coefficient (Wildman–Crippen LogP) is 2.82. The van der Waals surface area contributed by atoms with Gasteiger partial charge in [-0.25, -0.2) is 9.78 Å². The second kappa shape index (κ2) is 9.71. The average molecular weight is 383 g/mol. The van der Waals surface area contributed by atoms with Gasteiger partial charge in [0.05, 0.1) is 6.33 Å². The smallest absolute Gasteiger partial charge is 0.328 e. The maximum Gasteiger partial charge on any atom is 0.339 e. The fraction of sp³-hybridized carbons (Fsp3) is 0.667. The van der Waals surface area contributed by atoms with Crippen molar-refractivity contribution in [3.63, 3.8) is 0 Å². The minimum atomic E-state index is -0.634. The fourth-order valence-electron chi connectivity index (χ4n) is 3.11. The van der Waals surface area contributed by atoms with Gasteiger partial charge in [0.25, 0.3) is 5.56 Å². The van der Waals surface area contributed by atoms with Crippen molar-refractivity contribution >= 4 is 28.7 Å². The average Bonchev–Trinajstić information content (AvgIpc) is 3.00. The molecule has 0 unspecified atom stereocenters. The first-order valence-corrected chi connectivity index (χ1v) is 9.74. The van der Waals surface area contributed by atoms with E-state index in [1.165, 1.54) is 41.8 Å². The second-order valence-corrected chi connectivity index (χ2v) is 7.05. The first kappa shape index (κ1) is 20.4. The van der Waals surface area contributed by atoms with Gasteiger partial charge in [-0.15, -0.1) is 11.6 Å². The summed E-state index contributed by atoms with van der Waals surface area (Å²) >= 11 is 5.64. The molecule has 0 amide bonds. The Hall–Kier alpha value is -1.89. The summed E-state index contributed by atoms with van der Waals surface area (Å²) in [5, 5.41) is 0. The van der Waals surface area contributed by atoms with Crippen LogP contribution >= 0.6 is 11.6 Å². The van der Waals surface area contributed by atoms with Gasteiger partial charge in [0.15, 0.2) is 11.2 Å². The summed E-state index contributed by atoms with van der Waals surface area (Å²) in [4.78, 5) is 41.4. The number of aryl methyl sites for hydroxylation is 2. The van der Waals surface area contributed by atoms with E-state index < -0.39 is 17.2 Å². The van der Waals surface area contributed by atoms with Crippen LogP contribution in [0.4, 0.5) is 0 Å². The molecule has 0 radical (unpaired) electrons. The molecule has 8 heteroatoms. The molecular weight excluding hydrogens is 356 g/mol. The van der Waals surface area contributed by atoms with Crippen LogP contribution in [-0.2, 0) is 14.1 Å². The van der Waals surface area contributed by atoms with E-state index in [9.17, 15) is 14.4 Å². The quantitative estimate of drug-likeness (QED) is 0.467. The second-order valence-electron chi connectivity index (χ2n) is 6.67. The predicted molar refractivity (Wildman–Crippen MR) is 103 cm³/mol. The lowest BCUT2D eigenvalue weighted by Gasteiger charge is -2.07. The van der Waals surface area contributed by atoms with Crippen molar-refractivity contribution in [1.29, 1.82) is 0 Å². The van der Waals surface area contributed by atoms with Gasteiger partial charge in [0.2, 0.25) is 5.91 Å². The SMILES string of the molecule is Cn1cnc2c1c(=O)n(C(=O)CCCCCCCCCCCl)c(=O)n2C. The van der Waals surface area contributed by atoms with Gasteiger partial charge in [0, 0.05) is 26.4 Å². The van der Waals surface area contributed by atoms with Crippen LogP contribution in [0.1, 0.15) is 62.6 Å². The van der Waals surface area contributed by atoms with Crippen LogP contribution in [0.3, 0.4) is 0 Å². The third-order valence-corrected chi connectivity index (χ3v) is 4.91. The number of carbonyl (C=O) groups is 1. The molecule has 2 aromatic heterocycles. The Kier molecular flexibility index (Phi) is 7.63. The highest BCUT2D eigenvalue weighted by Gasteiger charge is 2.19. The number of fused-ring (bicyclic) bond motifs is 1. The number of imidazole rings is 1. The number of unbranched alkanes of at least 4 members (excludes halogenated alkanes) is 7. The Labute approximate surface area is 157 Å². The third-order valence-electron chi connectivity index (χ3n) is 4.64. The molecule has 26 heavy (non-hydrogen) atoms. The first-order valence-electron chi connectivity index (χ1n) is 9.21. The summed E-state index contributed by atoms with van der Waals surface area (Å²) in [6.45, 7) is 0. The van der Waals surface area contributed by atoms with Crippen LogP contribution < -0.4 is 11.2 Å². The molecule has 0 saturated carbocycles. The Morgan fingerprint density at radius 1 is 1.00 bits per heavy atom. The molecule has 7 nitrogen and oxygen atoms in total. The minimum Gasteiger partial charge on any atom is -0.328 e. The van der Waals surface area contributed by atoms with Crippen LogP contribution in [0, 0.1) is 0 Å². The van der Waals surface area contributed by atoms with Crippen LogP contribution in [0.25, 0.3) is 11.2 Å². The standard InChI is InChI=1S/C18H27ClN4O3/c1-21-13-20-16-15(21)17(25)23(18(26)22(16)2)14(24)11-9-7-5-3-4-6-8-10-12-19/h13H,3-12H2,1-2H3. The molecule has 0 aliphatic rings. The van der Waals surface area contributed by atoms with E-state index in [1.54, 1.807) is 7.05 Å². The third kappa shape index (κ3) is 4.63.